The maximum Gasteiger partial charge on any atom is 0.408 e. The van der Waals surface area contributed by atoms with Gasteiger partial charge in [-0.25, -0.2) is 14.8 Å². The van der Waals surface area contributed by atoms with Crippen LogP contribution in [0.4, 0.5) is 22.1 Å². The van der Waals surface area contributed by atoms with Crippen molar-refractivity contribution < 1.29 is 23.7 Å². The van der Waals surface area contributed by atoms with Gasteiger partial charge in [0, 0.05) is 42.5 Å². The lowest BCUT2D eigenvalue weighted by Crippen LogP contribution is -2.44. The van der Waals surface area contributed by atoms with E-state index in [1.54, 1.807) is 32.5 Å². The summed E-state index contributed by atoms with van der Waals surface area (Å²) in [5.41, 5.74) is 9.07. The van der Waals surface area contributed by atoms with Crippen molar-refractivity contribution in [2.75, 3.05) is 31.9 Å². The van der Waals surface area contributed by atoms with Gasteiger partial charge in [0.1, 0.15) is 29.5 Å². The Morgan fingerprint density at radius 1 is 1.10 bits per heavy atom. The van der Waals surface area contributed by atoms with Gasteiger partial charge in [-0.3, -0.25) is 0 Å². The van der Waals surface area contributed by atoms with Gasteiger partial charge in [-0.05, 0) is 57.9 Å². The molecule has 1 saturated carbocycles. The lowest BCUT2D eigenvalue weighted by Gasteiger charge is -2.24. The average Bonchev–Trinajstić information content (AvgIpc) is 3.60. The first-order valence-corrected chi connectivity index (χ1v) is 13.3. The first-order chi connectivity index (χ1) is 19.5. The maximum atomic E-state index is 12.3. The van der Waals surface area contributed by atoms with E-state index in [9.17, 15) is 4.79 Å². The normalized spacial score (nSPS) is 13.9. The number of nitrogens with zero attached hydrogens (tertiary/aromatic N) is 3. The van der Waals surface area contributed by atoms with E-state index in [-0.39, 0.29) is 6.61 Å². The Morgan fingerprint density at radius 3 is 2.56 bits per heavy atom. The highest BCUT2D eigenvalue weighted by Crippen LogP contribution is 2.40. The number of nitrogens with one attached hydrogen (secondary N) is 2. The molecule has 2 aromatic carbocycles. The van der Waals surface area contributed by atoms with E-state index >= 15 is 0 Å². The summed E-state index contributed by atoms with van der Waals surface area (Å²) in [5, 5.41) is 7.20. The standard InChI is InChI=1S/C30H36N6O5/c1-29(2,3)41-28(37)35-30(10-11-30)17-40-25-15-26(39-6)23(14-21(25)31)34-27-32-12-9-22(33-27)20-16-36(4)24-13-18(38-5)7-8-19(20)24/h7-9,12-16H,10-11,17,31H2,1-6H3,(H,35,37)(H,32,33,34). The van der Waals surface area contributed by atoms with Gasteiger partial charge < -0.3 is 39.9 Å². The van der Waals surface area contributed by atoms with E-state index < -0.39 is 17.2 Å². The topological polar surface area (TPSA) is 135 Å². The second kappa shape index (κ2) is 10.7. The Kier molecular flexibility index (Phi) is 7.29. The largest absolute Gasteiger partial charge is 0.497 e. The van der Waals surface area contributed by atoms with E-state index in [4.69, 9.17) is 29.7 Å². The zero-order valence-corrected chi connectivity index (χ0v) is 24.2. The van der Waals surface area contributed by atoms with Crippen LogP contribution in [-0.2, 0) is 11.8 Å². The lowest BCUT2D eigenvalue weighted by molar-refractivity contribution is 0.0477. The highest BCUT2D eigenvalue weighted by Gasteiger charge is 2.46. The molecule has 2 heterocycles. The van der Waals surface area contributed by atoms with Crippen LogP contribution in [0, 0.1) is 0 Å². The number of anilines is 3. The number of amides is 1. The number of aromatic nitrogens is 3. The van der Waals surface area contributed by atoms with Crippen LogP contribution in [0.25, 0.3) is 22.2 Å². The molecule has 0 atom stereocenters. The molecule has 0 radical (unpaired) electrons. The zero-order chi connectivity index (χ0) is 29.4. The molecule has 0 aliphatic heterocycles. The SMILES string of the molecule is COc1ccc2c(-c3ccnc(Nc4cc(N)c(OCC5(NC(=O)OC(C)(C)C)CC5)cc4OC)n3)cn(C)c2c1. The van der Waals surface area contributed by atoms with Crippen LogP contribution in [0.3, 0.4) is 0 Å². The molecule has 5 rings (SSSR count). The molecule has 4 N–H and O–H groups in total. The van der Waals surface area contributed by atoms with Gasteiger partial charge in [-0.15, -0.1) is 0 Å². The highest BCUT2D eigenvalue weighted by molar-refractivity contribution is 5.96. The van der Waals surface area contributed by atoms with Gasteiger partial charge in [0.05, 0.1) is 42.3 Å². The summed E-state index contributed by atoms with van der Waals surface area (Å²) in [5.74, 6) is 2.13. The summed E-state index contributed by atoms with van der Waals surface area (Å²) < 4.78 is 24.5. The predicted molar refractivity (Wildman–Crippen MR) is 158 cm³/mol. The van der Waals surface area contributed by atoms with Crippen molar-refractivity contribution in [2.45, 2.75) is 44.8 Å². The molecular weight excluding hydrogens is 524 g/mol. The molecule has 216 valence electrons. The summed E-state index contributed by atoms with van der Waals surface area (Å²) in [7, 11) is 5.21. The summed E-state index contributed by atoms with van der Waals surface area (Å²) in [6.45, 7) is 5.74. The summed E-state index contributed by atoms with van der Waals surface area (Å²) >= 11 is 0. The number of carbonyl (C=O) groups excluding carboxylic acids is 1. The smallest absolute Gasteiger partial charge is 0.408 e. The van der Waals surface area contributed by atoms with E-state index in [2.05, 4.69) is 15.6 Å². The minimum atomic E-state index is -0.575. The van der Waals surface area contributed by atoms with E-state index in [1.807, 2.05) is 62.8 Å². The maximum absolute atomic E-state index is 12.3. The molecule has 41 heavy (non-hydrogen) atoms. The molecule has 11 heteroatoms. The van der Waals surface area contributed by atoms with Gasteiger partial charge in [0.15, 0.2) is 0 Å². The second-order valence-corrected chi connectivity index (χ2v) is 11.2. The van der Waals surface area contributed by atoms with Crippen LogP contribution in [0.2, 0.25) is 0 Å². The average molecular weight is 561 g/mol. The molecule has 1 fully saturated rings. The van der Waals surface area contributed by atoms with Crippen LogP contribution in [0.5, 0.6) is 17.2 Å². The molecule has 1 aliphatic carbocycles. The molecule has 1 amide bonds. The van der Waals surface area contributed by atoms with E-state index in [1.165, 1.54) is 0 Å². The minimum absolute atomic E-state index is 0.258. The Labute approximate surface area is 239 Å². The number of alkyl carbamates (subject to hydrolysis) is 1. The first-order valence-electron chi connectivity index (χ1n) is 13.3. The van der Waals surface area contributed by atoms with E-state index in [0.717, 1.165) is 40.8 Å². The molecular formula is C30H36N6O5. The van der Waals surface area contributed by atoms with Crippen LogP contribution in [0.1, 0.15) is 33.6 Å². The van der Waals surface area contributed by atoms with Crippen molar-refractivity contribution in [1.29, 1.82) is 0 Å². The van der Waals surface area contributed by atoms with Crippen molar-refractivity contribution in [3.05, 3.63) is 48.8 Å². The molecule has 0 saturated heterocycles. The Bertz CT molecular complexity index is 1590. The van der Waals surface area contributed by atoms with Crippen molar-refractivity contribution >= 4 is 34.3 Å². The van der Waals surface area contributed by atoms with Gasteiger partial charge >= 0.3 is 6.09 Å². The van der Waals surface area contributed by atoms with Crippen LogP contribution in [0.15, 0.2) is 48.8 Å². The van der Waals surface area contributed by atoms with Crippen molar-refractivity contribution in [1.82, 2.24) is 19.9 Å². The van der Waals surface area contributed by atoms with E-state index in [0.29, 0.717) is 28.8 Å². The summed E-state index contributed by atoms with van der Waals surface area (Å²) in [4.78, 5) is 21.4. The fraction of sp³-hybridized carbons (Fsp3) is 0.367. The number of ether oxygens (including phenoxy) is 4. The van der Waals surface area contributed by atoms with Gasteiger partial charge in [-0.1, -0.05) is 0 Å². The number of hydrogen-bond acceptors (Lipinski definition) is 9. The highest BCUT2D eigenvalue weighted by atomic mass is 16.6. The first kappa shape index (κ1) is 27.9. The fourth-order valence-corrected chi connectivity index (χ4v) is 4.55. The van der Waals surface area contributed by atoms with Crippen molar-refractivity contribution in [2.24, 2.45) is 7.05 Å². The third kappa shape index (κ3) is 6.24. The number of carbonyl (C=O) groups is 1. The second-order valence-electron chi connectivity index (χ2n) is 11.2. The molecule has 2 aromatic heterocycles. The number of rotatable bonds is 9. The predicted octanol–water partition coefficient (Wildman–Crippen LogP) is 5.41. The quantitative estimate of drug-likeness (QED) is 0.230. The number of nitrogens with two attached hydrogens (primary N) is 1. The van der Waals surface area contributed by atoms with Crippen molar-refractivity contribution in [3.63, 3.8) is 0 Å². The Hall–Kier alpha value is -4.67. The lowest BCUT2D eigenvalue weighted by atomic mass is 10.1. The van der Waals surface area contributed by atoms with Crippen molar-refractivity contribution in [3.8, 4) is 28.5 Å². The Balaban J connectivity index is 1.32. The number of benzene rings is 2. The number of fused-ring (bicyclic) bond motifs is 1. The minimum Gasteiger partial charge on any atom is -0.497 e. The number of nitrogen functional groups attached to an aromatic ring is 1. The number of aryl methyl sites for hydroxylation is 1. The molecule has 0 unspecified atom stereocenters. The molecule has 0 bridgehead atoms. The molecule has 0 spiro atoms. The van der Waals surface area contributed by atoms with Crippen LogP contribution < -0.4 is 30.6 Å². The van der Waals surface area contributed by atoms with Crippen LogP contribution in [-0.4, -0.2) is 52.6 Å². The Morgan fingerprint density at radius 2 is 1.88 bits per heavy atom. The third-order valence-corrected chi connectivity index (χ3v) is 6.83. The molecule has 1 aliphatic rings. The number of methoxy groups -OCH3 is 2. The third-order valence-electron chi connectivity index (χ3n) is 6.83. The summed E-state index contributed by atoms with van der Waals surface area (Å²) in [6.07, 6.45) is 4.86. The zero-order valence-electron chi connectivity index (χ0n) is 24.2. The monoisotopic (exact) mass is 560 g/mol. The van der Waals surface area contributed by atoms with Crippen LogP contribution >= 0.6 is 0 Å². The molecule has 4 aromatic rings. The van der Waals surface area contributed by atoms with Gasteiger partial charge in [-0.2, -0.15) is 0 Å². The van der Waals surface area contributed by atoms with Gasteiger partial charge in [0.2, 0.25) is 5.95 Å². The fourth-order valence-electron chi connectivity index (χ4n) is 4.55. The molecule has 11 nitrogen and oxygen atoms in total. The van der Waals surface area contributed by atoms with Gasteiger partial charge in [0.25, 0.3) is 0 Å². The summed E-state index contributed by atoms with van der Waals surface area (Å²) in [6, 6.07) is 11.2. The number of hydrogen-bond donors (Lipinski definition) is 3.